The first-order chi connectivity index (χ1) is 7.99. The van der Waals surface area contributed by atoms with Gasteiger partial charge in [0.1, 0.15) is 5.60 Å². The van der Waals surface area contributed by atoms with Crippen molar-refractivity contribution >= 4 is 5.97 Å². The number of hydrogen-bond acceptors (Lipinski definition) is 2. The molecule has 0 fully saturated rings. The summed E-state index contributed by atoms with van der Waals surface area (Å²) in [5, 5.41) is 0. The van der Waals surface area contributed by atoms with E-state index in [0.29, 0.717) is 0 Å². The molecular formula is C15H26O2. The molecule has 2 heteroatoms. The zero-order valence-electron chi connectivity index (χ0n) is 11.6. The average Bonchev–Trinajstić information content (AvgIpc) is 2.23. The van der Waals surface area contributed by atoms with Gasteiger partial charge in [-0.3, -0.25) is 0 Å². The quantitative estimate of drug-likeness (QED) is 0.633. The SMILES string of the molecule is CC(C)(C)OC(=O)C1=CCCCCCCCC1. The highest BCUT2D eigenvalue weighted by molar-refractivity contribution is 5.88. The van der Waals surface area contributed by atoms with Crippen LogP contribution in [-0.2, 0) is 9.53 Å². The summed E-state index contributed by atoms with van der Waals surface area (Å²) in [6.45, 7) is 5.77. The second-order valence-corrected chi connectivity index (χ2v) is 5.89. The highest BCUT2D eigenvalue weighted by atomic mass is 16.6. The Labute approximate surface area is 105 Å². The van der Waals surface area contributed by atoms with Gasteiger partial charge in [0.05, 0.1) is 0 Å². The molecule has 1 aliphatic rings. The molecule has 0 N–H and O–H groups in total. The minimum Gasteiger partial charge on any atom is -0.457 e. The zero-order valence-corrected chi connectivity index (χ0v) is 11.6. The van der Waals surface area contributed by atoms with Gasteiger partial charge in [-0.15, -0.1) is 0 Å². The molecule has 0 unspecified atom stereocenters. The molecule has 1 aliphatic carbocycles. The smallest absolute Gasteiger partial charge is 0.334 e. The van der Waals surface area contributed by atoms with Crippen LogP contribution in [0.2, 0.25) is 0 Å². The van der Waals surface area contributed by atoms with E-state index in [1.54, 1.807) is 0 Å². The lowest BCUT2D eigenvalue weighted by atomic mass is 10.00. The van der Waals surface area contributed by atoms with E-state index in [2.05, 4.69) is 6.08 Å². The second-order valence-electron chi connectivity index (χ2n) is 5.89. The largest absolute Gasteiger partial charge is 0.457 e. The molecule has 0 spiro atoms. The molecule has 1 rings (SSSR count). The molecule has 0 aromatic heterocycles. The van der Waals surface area contributed by atoms with Crippen LogP contribution in [0.1, 0.15) is 72.1 Å². The molecule has 0 saturated carbocycles. The van der Waals surface area contributed by atoms with Crippen molar-refractivity contribution < 1.29 is 9.53 Å². The van der Waals surface area contributed by atoms with Gasteiger partial charge in [-0.05, 0) is 46.5 Å². The molecule has 0 atom stereocenters. The summed E-state index contributed by atoms with van der Waals surface area (Å²) in [7, 11) is 0. The molecule has 0 bridgehead atoms. The number of allylic oxidation sites excluding steroid dienone is 1. The molecule has 0 radical (unpaired) electrons. The fraction of sp³-hybridized carbons (Fsp3) is 0.800. The van der Waals surface area contributed by atoms with Crippen molar-refractivity contribution in [2.45, 2.75) is 77.7 Å². The van der Waals surface area contributed by atoms with Gasteiger partial charge < -0.3 is 4.74 Å². The van der Waals surface area contributed by atoms with Crippen LogP contribution in [-0.4, -0.2) is 11.6 Å². The fourth-order valence-electron chi connectivity index (χ4n) is 2.07. The Balaban J connectivity index is 2.57. The van der Waals surface area contributed by atoms with E-state index in [1.807, 2.05) is 20.8 Å². The molecule has 0 amide bonds. The first kappa shape index (κ1) is 14.3. The summed E-state index contributed by atoms with van der Waals surface area (Å²) < 4.78 is 5.44. The van der Waals surface area contributed by atoms with Crippen LogP contribution in [0.5, 0.6) is 0 Å². The topological polar surface area (TPSA) is 26.3 Å². The predicted octanol–water partition coefficient (Wildman–Crippen LogP) is 4.39. The molecule has 0 saturated heterocycles. The van der Waals surface area contributed by atoms with Gasteiger partial charge in [-0.2, -0.15) is 0 Å². The van der Waals surface area contributed by atoms with Crippen molar-refractivity contribution in [1.29, 1.82) is 0 Å². The van der Waals surface area contributed by atoms with Gasteiger partial charge in [0, 0.05) is 5.57 Å². The first-order valence-corrected chi connectivity index (χ1v) is 6.91. The van der Waals surface area contributed by atoms with Crippen LogP contribution in [0.3, 0.4) is 0 Å². The Morgan fingerprint density at radius 1 is 1.06 bits per heavy atom. The van der Waals surface area contributed by atoms with E-state index >= 15 is 0 Å². The van der Waals surface area contributed by atoms with E-state index in [-0.39, 0.29) is 11.6 Å². The maximum Gasteiger partial charge on any atom is 0.334 e. The normalized spacial score (nSPS) is 19.4. The van der Waals surface area contributed by atoms with Crippen molar-refractivity contribution in [3.05, 3.63) is 11.6 Å². The zero-order chi connectivity index (χ0) is 12.7. The first-order valence-electron chi connectivity index (χ1n) is 6.91. The maximum atomic E-state index is 12.0. The van der Waals surface area contributed by atoms with Gasteiger partial charge in [0.2, 0.25) is 0 Å². The lowest BCUT2D eigenvalue weighted by molar-refractivity contribution is -0.150. The molecule has 0 aromatic carbocycles. The summed E-state index contributed by atoms with van der Waals surface area (Å²) in [6.07, 6.45) is 11.5. The lowest BCUT2D eigenvalue weighted by Gasteiger charge is -2.21. The van der Waals surface area contributed by atoms with Gasteiger partial charge in [0.25, 0.3) is 0 Å². The van der Waals surface area contributed by atoms with Crippen molar-refractivity contribution in [2.24, 2.45) is 0 Å². The van der Waals surface area contributed by atoms with Crippen molar-refractivity contribution in [1.82, 2.24) is 0 Å². The molecule has 98 valence electrons. The van der Waals surface area contributed by atoms with E-state index in [9.17, 15) is 4.79 Å². The van der Waals surface area contributed by atoms with E-state index in [4.69, 9.17) is 4.74 Å². The highest BCUT2D eigenvalue weighted by Gasteiger charge is 2.19. The Morgan fingerprint density at radius 3 is 2.29 bits per heavy atom. The fourth-order valence-corrected chi connectivity index (χ4v) is 2.07. The van der Waals surface area contributed by atoms with Crippen molar-refractivity contribution in [3.63, 3.8) is 0 Å². The summed E-state index contributed by atoms with van der Waals surface area (Å²) in [5.74, 6) is -0.113. The summed E-state index contributed by atoms with van der Waals surface area (Å²) >= 11 is 0. The van der Waals surface area contributed by atoms with Crippen molar-refractivity contribution in [2.75, 3.05) is 0 Å². The molecule has 0 aliphatic heterocycles. The average molecular weight is 238 g/mol. The van der Waals surface area contributed by atoms with Gasteiger partial charge in [-0.25, -0.2) is 4.79 Å². The summed E-state index contributed by atoms with van der Waals surface area (Å²) in [6, 6.07) is 0. The van der Waals surface area contributed by atoms with Crippen LogP contribution in [0, 0.1) is 0 Å². The Morgan fingerprint density at radius 2 is 1.65 bits per heavy atom. The third-order valence-electron chi connectivity index (χ3n) is 2.95. The summed E-state index contributed by atoms with van der Waals surface area (Å²) in [5.41, 5.74) is 0.509. The molecule has 0 heterocycles. The molecule has 17 heavy (non-hydrogen) atoms. The Kier molecular flexibility index (Phi) is 5.73. The van der Waals surface area contributed by atoms with Crippen LogP contribution in [0.4, 0.5) is 0 Å². The van der Waals surface area contributed by atoms with E-state index in [1.165, 1.54) is 32.1 Å². The number of carbonyl (C=O) groups is 1. The monoisotopic (exact) mass is 238 g/mol. The van der Waals surface area contributed by atoms with Crippen LogP contribution in [0.25, 0.3) is 0 Å². The second kappa shape index (κ2) is 6.83. The predicted molar refractivity (Wildman–Crippen MR) is 70.9 cm³/mol. The van der Waals surface area contributed by atoms with Gasteiger partial charge in [-0.1, -0.05) is 31.8 Å². The van der Waals surface area contributed by atoms with E-state index < -0.39 is 0 Å². The number of ether oxygens (including phenoxy) is 1. The van der Waals surface area contributed by atoms with Gasteiger partial charge >= 0.3 is 5.97 Å². The number of hydrogen-bond donors (Lipinski definition) is 0. The summed E-state index contributed by atoms with van der Waals surface area (Å²) in [4.78, 5) is 12.0. The number of esters is 1. The molecule has 0 aromatic rings. The van der Waals surface area contributed by atoms with Crippen LogP contribution < -0.4 is 0 Å². The maximum absolute atomic E-state index is 12.0. The van der Waals surface area contributed by atoms with Crippen molar-refractivity contribution in [3.8, 4) is 0 Å². The highest BCUT2D eigenvalue weighted by Crippen LogP contribution is 2.19. The molecule has 2 nitrogen and oxygen atoms in total. The third kappa shape index (κ3) is 6.50. The van der Waals surface area contributed by atoms with Gasteiger partial charge in [0.15, 0.2) is 0 Å². The number of carbonyl (C=O) groups excluding carboxylic acids is 1. The van der Waals surface area contributed by atoms with Crippen LogP contribution in [0.15, 0.2) is 11.6 Å². The number of rotatable bonds is 1. The minimum atomic E-state index is -0.382. The van der Waals surface area contributed by atoms with Crippen LogP contribution >= 0.6 is 0 Å². The standard InChI is InChI=1S/C15H26O2/c1-15(2,3)17-14(16)13-11-9-7-5-4-6-8-10-12-13/h11H,4-10,12H2,1-3H3. The Bertz CT molecular complexity index is 271. The Hall–Kier alpha value is -0.790. The van der Waals surface area contributed by atoms with E-state index in [0.717, 1.165) is 24.8 Å². The molecular weight excluding hydrogens is 212 g/mol. The minimum absolute atomic E-state index is 0.113. The lowest BCUT2D eigenvalue weighted by Crippen LogP contribution is -2.25. The third-order valence-corrected chi connectivity index (χ3v) is 2.95.